The van der Waals surface area contributed by atoms with E-state index < -0.39 is 0 Å². The molecule has 0 bridgehead atoms. The summed E-state index contributed by atoms with van der Waals surface area (Å²) in [4.78, 5) is 13.4. The molecule has 5 nitrogen and oxygen atoms in total. The molecule has 0 aliphatic heterocycles. The van der Waals surface area contributed by atoms with E-state index in [1.54, 1.807) is 6.07 Å². The van der Waals surface area contributed by atoms with Gasteiger partial charge in [0.2, 0.25) is 0 Å². The molecular weight excluding hydrogens is 206 g/mol. The molecule has 0 saturated carbocycles. The molecule has 3 N–H and O–H groups in total. The Kier molecular flexibility index (Phi) is 4.52. The predicted molar refractivity (Wildman–Crippen MR) is 61.6 cm³/mol. The second-order valence-corrected chi connectivity index (χ2v) is 3.93. The molecule has 1 aromatic heterocycles. The lowest BCUT2D eigenvalue weighted by atomic mass is 10.2. The van der Waals surface area contributed by atoms with E-state index >= 15 is 0 Å². The van der Waals surface area contributed by atoms with Crippen molar-refractivity contribution in [2.75, 3.05) is 6.54 Å². The number of carbonyl (C=O) groups excluding carboxylic acids is 1. The molecular formula is C11H19N3O2. The minimum absolute atomic E-state index is 0.331. The van der Waals surface area contributed by atoms with Gasteiger partial charge in [0.1, 0.15) is 12.0 Å². The van der Waals surface area contributed by atoms with Gasteiger partial charge in [-0.05, 0) is 26.5 Å². The molecule has 0 aliphatic rings. The third-order valence-electron chi connectivity index (χ3n) is 2.54. The van der Waals surface area contributed by atoms with Gasteiger partial charge in [-0.2, -0.15) is 0 Å². The van der Waals surface area contributed by atoms with Crippen LogP contribution >= 0.6 is 0 Å². The molecule has 5 heteroatoms. The molecule has 1 amide bonds. The van der Waals surface area contributed by atoms with Crippen LogP contribution in [-0.4, -0.2) is 23.4 Å². The molecule has 0 atom stereocenters. The average Bonchev–Trinajstić information content (AvgIpc) is 2.72. The molecule has 0 unspecified atom stereocenters. The Hall–Kier alpha value is -1.33. The summed E-state index contributed by atoms with van der Waals surface area (Å²) in [5.74, 6) is 5.48. The van der Waals surface area contributed by atoms with E-state index in [9.17, 15) is 4.79 Å². The van der Waals surface area contributed by atoms with Crippen molar-refractivity contribution in [2.45, 2.75) is 33.4 Å². The molecule has 0 fully saturated rings. The summed E-state index contributed by atoms with van der Waals surface area (Å²) >= 11 is 0. The van der Waals surface area contributed by atoms with Crippen molar-refractivity contribution < 1.29 is 9.21 Å². The highest BCUT2D eigenvalue weighted by Gasteiger charge is 2.13. The zero-order chi connectivity index (χ0) is 12.1. The quantitative estimate of drug-likeness (QED) is 0.447. The maximum Gasteiger partial charge on any atom is 0.268 e. The van der Waals surface area contributed by atoms with Crippen LogP contribution in [-0.2, 0) is 6.54 Å². The summed E-state index contributed by atoms with van der Waals surface area (Å²) in [5.41, 5.74) is 2.53. The minimum atomic E-state index is -0.331. The van der Waals surface area contributed by atoms with E-state index in [1.165, 1.54) is 6.26 Å². The predicted octanol–water partition coefficient (Wildman–Crippen LogP) is 1.11. The lowest BCUT2D eigenvalue weighted by molar-refractivity contribution is 0.0953. The van der Waals surface area contributed by atoms with Crippen LogP contribution in [0.1, 0.15) is 36.9 Å². The van der Waals surface area contributed by atoms with E-state index in [0.29, 0.717) is 18.2 Å². The fourth-order valence-electron chi connectivity index (χ4n) is 1.53. The van der Waals surface area contributed by atoms with Crippen molar-refractivity contribution in [2.24, 2.45) is 5.84 Å². The van der Waals surface area contributed by atoms with Crippen LogP contribution in [0.3, 0.4) is 0 Å². The summed E-state index contributed by atoms with van der Waals surface area (Å²) in [5, 5.41) is 0. The molecule has 0 spiro atoms. The number of hydrazine groups is 1. The number of hydrogen-bond donors (Lipinski definition) is 2. The SMILES string of the molecule is CCN(Cc1cc(C(=O)NN)co1)C(C)C. The zero-order valence-electron chi connectivity index (χ0n) is 9.99. The average molecular weight is 225 g/mol. The number of amides is 1. The van der Waals surface area contributed by atoms with Crippen LogP contribution in [0.25, 0.3) is 0 Å². The van der Waals surface area contributed by atoms with Gasteiger partial charge < -0.3 is 4.42 Å². The summed E-state index contributed by atoms with van der Waals surface area (Å²) in [6.07, 6.45) is 1.42. The molecule has 0 aliphatic carbocycles. The van der Waals surface area contributed by atoms with Gasteiger partial charge in [0.25, 0.3) is 5.91 Å². The van der Waals surface area contributed by atoms with Crippen LogP contribution in [0.2, 0.25) is 0 Å². The molecule has 16 heavy (non-hydrogen) atoms. The monoisotopic (exact) mass is 225 g/mol. The first-order valence-corrected chi connectivity index (χ1v) is 5.40. The number of hydrogen-bond acceptors (Lipinski definition) is 4. The highest BCUT2D eigenvalue weighted by molar-refractivity contribution is 5.93. The summed E-state index contributed by atoms with van der Waals surface area (Å²) < 4.78 is 5.31. The van der Waals surface area contributed by atoms with Gasteiger partial charge in [0, 0.05) is 6.04 Å². The number of nitrogen functional groups attached to an aromatic ring is 1. The first-order chi connectivity index (χ1) is 7.58. The molecule has 0 aromatic carbocycles. The van der Waals surface area contributed by atoms with Gasteiger partial charge in [0.05, 0.1) is 12.1 Å². The normalized spacial score (nSPS) is 11.1. The Labute approximate surface area is 95.6 Å². The van der Waals surface area contributed by atoms with Crippen LogP contribution in [0.5, 0.6) is 0 Å². The van der Waals surface area contributed by atoms with Crippen LogP contribution < -0.4 is 11.3 Å². The van der Waals surface area contributed by atoms with E-state index in [0.717, 1.165) is 12.3 Å². The summed E-state index contributed by atoms with van der Waals surface area (Å²) in [7, 11) is 0. The Bertz CT molecular complexity index is 347. The molecule has 0 saturated heterocycles. The van der Waals surface area contributed by atoms with Gasteiger partial charge in [-0.15, -0.1) is 0 Å². The fourth-order valence-corrected chi connectivity index (χ4v) is 1.53. The van der Waals surface area contributed by atoms with Gasteiger partial charge >= 0.3 is 0 Å². The van der Waals surface area contributed by atoms with Crippen LogP contribution in [0.15, 0.2) is 16.7 Å². The zero-order valence-corrected chi connectivity index (χ0v) is 9.99. The highest BCUT2D eigenvalue weighted by Crippen LogP contribution is 2.12. The maximum absolute atomic E-state index is 11.2. The highest BCUT2D eigenvalue weighted by atomic mass is 16.3. The maximum atomic E-state index is 11.2. The Balaban J connectivity index is 2.67. The van der Waals surface area contributed by atoms with E-state index in [2.05, 4.69) is 31.1 Å². The lowest BCUT2D eigenvalue weighted by Crippen LogP contribution is -2.30. The van der Waals surface area contributed by atoms with Crippen LogP contribution in [0, 0.1) is 0 Å². The topological polar surface area (TPSA) is 71.5 Å². The van der Waals surface area contributed by atoms with Crippen molar-refractivity contribution in [3.63, 3.8) is 0 Å². The third-order valence-corrected chi connectivity index (χ3v) is 2.54. The molecule has 90 valence electrons. The van der Waals surface area contributed by atoms with Gasteiger partial charge in [-0.3, -0.25) is 15.1 Å². The van der Waals surface area contributed by atoms with Gasteiger partial charge in [-0.1, -0.05) is 6.92 Å². The first-order valence-electron chi connectivity index (χ1n) is 5.40. The number of rotatable bonds is 5. The summed E-state index contributed by atoms with van der Waals surface area (Å²) in [6, 6.07) is 2.16. The summed E-state index contributed by atoms with van der Waals surface area (Å²) in [6.45, 7) is 7.99. The van der Waals surface area contributed by atoms with Crippen LogP contribution in [0.4, 0.5) is 0 Å². The van der Waals surface area contributed by atoms with Gasteiger partial charge in [-0.25, -0.2) is 5.84 Å². The molecule has 1 heterocycles. The van der Waals surface area contributed by atoms with Crippen molar-refractivity contribution >= 4 is 5.91 Å². The van der Waals surface area contributed by atoms with Gasteiger partial charge in [0.15, 0.2) is 0 Å². The number of furan rings is 1. The minimum Gasteiger partial charge on any atom is -0.467 e. The van der Waals surface area contributed by atoms with Crippen molar-refractivity contribution in [3.8, 4) is 0 Å². The second-order valence-electron chi connectivity index (χ2n) is 3.93. The first kappa shape index (κ1) is 12.7. The van der Waals surface area contributed by atoms with E-state index in [4.69, 9.17) is 10.3 Å². The number of nitrogens with zero attached hydrogens (tertiary/aromatic N) is 1. The standard InChI is InChI=1S/C11H19N3O2/c1-4-14(8(2)3)6-10-5-9(7-16-10)11(15)13-12/h5,7-8H,4,6,12H2,1-3H3,(H,13,15). The van der Waals surface area contributed by atoms with E-state index in [1.807, 2.05) is 0 Å². The Morgan fingerprint density at radius 2 is 2.31 bits per heavy atom. The largest absolute Gasteiger partial charge is 0.467 e. The second kappa shape index (κ2) is 5.67. The molecule has 1 aromatic rings. The number of nitrogens with two attached hydrogens (primary N) is 1. The smallest absolute Gasteiger partial charge is 0.268 e. The fraction of sp³-hybridized carbons (Fsp3) is 0.545. The molecule has 0 radical (unpaired) electrons. The van der Waals surface area contributed by atoms with Crippen molar-refractivity contribution in [1.29, 1.82) is 0 Å². The van der Waals surface area contributed by atoms with E-state index in [-0.39, 0.29) is 5.91 Å². The number of nitrogens with one attached hydrogen (secondary N) is 1. The van der Waals surface area contributed by atoms with Crippen molar-refractivity contribution in [3.05, 3.63) is 23.7 Å². The third kappa shape index (κ3) is 3.08. The molecule has 1 rings (SSSR count). The van der Waals surface area contributed by atoms with Crippen molar-refractivity contribution in [1.82, 2.24) is 10.3 Å². The Morgan fingerprint density at radius 1 is 1.62 bits per heavy atom. The lowest BCUT2D eigenvalue weighted by Gasteiger charge is -2.23. The number of carbonyl (C=O) groups is 1. The Morgan fingerprint density at radius 3 is 2.81 bits per heavy atom.